The lowest BCUT2D eigenvalue weighted by Gasteiger charge is -2.18. The Morgan fingerprint density at radius 1 is 1.47 bits per heavy atom. The van der Waals surface area contributed by atoms with E-state index in [1.165, 1.54) is 4.31 Å². The topological polar surface area (TPSA) is 62.3 Å². The summed E-state index contributed by atoms with van der Waals surface area (Å²) in [5, 5.41) is 3.08. The van der Waals surface area contributed by atoms with Crippen molar-refractivity contribution in [3.8, 4) is 0 Å². The van der Waals surface area contributed by atoms with Crippen LogP contribution in [-0.4, -0.2) is 37.8 Å². The Kier molecular flexibility index (Phi) is 4.42. The molecule has 0 aromatic carbocycles. The van der Waals surface area contributed by atoms with Crippen LogP contribution in [0.4, 0.5) is 5.82 Å². The zero-order valence-corrected chi connectivity index (χ0v) is 12.3. The SMILES string of the molecule is CCCNc1ncccc1S(=O)(=O)N(C)CC1CC1. The third-order valence-electron chi connectivity index (χ3n) is 3.21. The number of pyridine rings is 1. The Labute approximate surface area is 115 Å². The van der Waals surface area contributed by atoms with E-state index in [0.29, 0.717) is 24.8 Å². The zero-order chi connectivity index (χ0) is 13.9. The molecule has 0 radical (unpaired) electrons. The van der Waals surface area contributed by atoms with Crippen molar-refractivity contribution >= 4 is 15.8 Å². The molecule has 19 heavy (non-hydrogen) atoms. The maximum absolute atomic E-state index is 12.5. The summed E-state index contributed by atoms with van der Waals surface area (Å²) in [6, 6.07) is 3.28. The second-order valence-corrected chi connectivity index (χ2v) is 7.02. The Bertz CT molecular complexity index is 526. The number of sulfonamides is 1. The molecule has 1 fully saturated rings. The van der Waals surface area contributed by atoms with Crippen LogP contribution in [0.2, 0.25) is 0 Å². The standard InChI is InChI=1S/C13H21N3O2S/c1-3-8-14-13-12(5-4-9-15-13)19(17,18)16(2)10-11-6-7-11/h4-5,9,11H,3,6-8,10H2,1-2H3,(H,14,15). The monoisotopic (exact) mass is 283 g/mol. The van der Waals surface area contributed by atoms with Gasteiger partial charge in [0.2, 0.25) is 10.0 Å². The Hall–Kier alpha value is -1.14. The number of rotatable bonds is 7. The fourth-order valence-corrected chi connectivity index (χ4v) is 3.27. The van der Waals surface area contributed by atoms with Crippen LogP contribution in [0, 0.1) is 5.92 Å². The van der Waals surface area contributed by atoms with E-state index in [9.17, 15) is 8.42 Å². The van der Waals surface area contributed by atoms with Crippen molar-refractivity contribution in [2.45, 2.75) is 31.1 Å². The van der Waals surface area contributed by atoms with Crippen LogP contribution >= 0.6 is 0 Å². The van der Waals surface area contributed by atoms with Crippen molar-refractivity contribution in [2.75, 3.05) is 25.5 Å². The smallest absolute Gasteiger partial charge is 0.246 e. The third-order valence-corrected chi connectivity index (χ3v) is 5.07. The highest BCUT2D eigenvalue weighted by atomic mass is 32.2. The van der Waals surface area contributed by atoms with Crippen LogP contribution in [0.25, 0.3) is 0 Å². The summed E-state index contributed by atoms with van der Waals surface area (Å²) in [6.45, 7) is 3.35. The first kappa shape index (κ1) is 14.3. The molecule has 1 N–H and O–H groups in total. The first-order chi connectivity index (χ1) is 9.05. The normalized spacial score (nSPS) is 15.7. The van der Waals surface area contributed by atoms with E-state index in [1.54, 1.807) is 25.4 Å². The van der Waals surface area contributed by atoms with Crippen LogP contribution in [0.5, 0.6) is 0 Å². The maximum Gasteiger partial charge on any atom is 0.246 e. The van der Waals surface area contributed by atoms with Crippen molar-refractivity contribution in [1.82, 2.24) is 9.29 Å². The van der Waals surface area contributed by atoms with Crippen LogP contribution < -0.4 is 5.32 Å². The van der Waals surface area contributed by atoms with Gasteiger partial charge in [-0.05, 0) is 37.3 Å². The Morgan fingerprint density at radius 2 is 2.21 bits per heavy atom. The van der Waals surface area contributed by atoms with E-state index in [4.69, 9.17) is 0 Å². The highest BCUT2D eigenvalue weighted by molar-refractivity contribution is 7.89. The molecule has 0 bridgehead atoms. The number of hydrogen-bond acceptors (Lipinski definition) is 4. The summed E-state index contributed by atoms with van der Waals surface area (Å²) < 4.78 is 26.5. The largest absolute Gasteiger partial charge is 0.369 e. The molecule has 0 spiro atoms. The molecule has 6 heteroatoms. The van der Waals surface area contributed by atoms with Gasteiger partial charge in [0.25, 0.3) is 0 Å². The molecule has 5 nitrogen and oxygen atoms in total. The number of nitrogens with zero attached hydrogens (tertiary/aromatic N) is 2. The minimum absolute atomic E-state index is 0.270. The molecule has 0 aliphatic heterocycles. The van der Waals surface area contributed by atoms with Crippen molar-refractivity contribution < 1.29 is 8.42 Å². The van der Waals surface area contributed by atoms with E-state index >= 15 is 0 Å². The first-order valence-electron chi connectivity index (χ1n) is 6.71. The van der Waals surface area contributed by atoms with Gasteiger partial charge in [-0.2, -0.15) is 0 Å². The fraction of sp³-hybridized carbons (Fsp3) is 0.615. The molecule has 1 aliphatic carbocycles. The van der Waals surface area contributed by atoms with Crippen LogP contribution in [0.3, 0.4) is 0 Å². The van der Waals surface area contributed by atoms with Crippen molar-refractivity contribution in [1.29, 1.82) is 0 Å². The van der Waals surface area contributed by atoms with Gasteiger partial charge < -0.3 is 5.32 Å². The molecule has 0 atom stereocenters. The van der Waals surface area contributed by atoms with Gasteiger partial charge in [-0.15, -0.1) is 0 Å². The Balaban J connectivity index is 2.22. The van der Waals surface area contributed by atoms with Gasteiger partial charge in [-0.3, -0.25) is 0 Å². The van der Waals surface area contributed by atoms with Gasteiger partial charge in [-0.25, -0.2) is 17.7 Å². The van der Waals surface area contributed by atoms with Crippen LogP contribution in [0.15, 0.2) is 23.2 Å². The van der Waals surface area contributed by atoms with E-state index in [1.807, 2.05) is 6.92 Å². The summed E-state index contributed by atoms with van der Waals surface area (Å²) in [6.07, 6.45) is 4.80. The predicted molar refractivity (Wildman–Crippen MR) is 75.6 cm³/mol. The third kappa shape index (κ3) is 3.45. The molecule has 0 saturated heterocycles. The average molecular weight is 283 g/mol. The van der Waals surface area contributed by atoms with Gasteiger partial charge in [0, 0.05) is 26.3 Å². The minimum atomic E-state index is -3.45. The molecule has 1 aliphatic rings. The maximum atomic E-state index is 12.5. The summed E-state index contributed by atoms with van der Waals surface area (Å²) in [5.74, 6) is 0.982. The van der Waals surface area contributed by atoms with Gasteiger partial charge >= 0.3 is 0 Å². The van der Waals surface area contributed by atoms with Gasteiger partial charge in [-0.1, -0.05) is 6.92 Å². The Morgan fingerprint density at radius 3 is 2.84 bits per heavy atom. The number of hydrogen-bond donors (Lipinski definition) is 1. The lowest BCUT2D eigenvalue weighted by Crippen LogP contribution is -2.29. The predicted octanol–water partition coefficient (Wildman–Crippen LogP) is 1.93. The highest BCUT2D eigenvalue weighted by Gasteiger charge is 2.30. The molecule has 0 amide bonds. The summed E-state index contributed by atoms with van der Waals surface area (Å²) in [7, 11) is -1.80. The number of aromatic nitrogens is 1. The molecule has 1 saturated carbocycles. The molecule has 0 unspecified atom stereocenters. The lowest BCUT2D eigenvalue weighted by molar-refractivity contribution is 0.453. The average Bonchev–Trinajstić information content (AvgIpc) is 3.20. The highest BCUT2D eigenvalue weighted by Crippen LogP contribution is 2.31. The van der Waals surface area contributed by atoms with Crippen LogP contribution in [0.1, 0.15) is 26.2 Å². The van der Waals surface area contributed by atoms with Gasteiger partial charge in [0.05, 0.1) is 0 Å². The lowest BCUT2D eigenvalue weighted by atomic mass is 10.4. The number of nitrogens with one attached hydrogen (secondary N) is 1. The van der Waals surface area contributed by atoms with Crippen molar-refractivity contribution in [3.63, 3.8) is 0 Å². The minimum Gasteiger partial charge on any atom is -0.369 e. The molecule has 2 rings (SSSR count). The molecule has 1 heterocycles. The first-order valence-corrected chi connectivity index (χ1v) is 8.15. The van der Waals surface area contributed by atoms with E-state index in [-0.39, 0.29) is 4.90 Å². The number of anilines is 1. The molecular formula is C13H21N3O2S. The zero-order valence-electron chi connectivity index (χ0n) is 11.5. The fourth-order valence-electron chi connectivity index (χ4n) is 1.90. The molecule has 106 valence electrons. The quantitative estimate of drug-likeness (QED) is 0.830. The summed E-state index contributed by atoms with van der Waals surface area (Å²) in [4.78, 5) is 4.41. The second-order valence-electron chi connectivity index (χ2n) is 5.01. The van der Waals surface area contributed by atoms with Gasteiger partial charge in [0.1, 0.15) is 10.7 Å². The van der Waals surface area contributed by atoms with E-state index < -0.39 is 10.0 Å². The molecule has 1 aromatic heterocycles. The van der Waals surface area contributed by atoms with E-state index in [2.05, 4.69) is 10.3 Å². The van der Waals surface area contributed by atoms with E-state index in [0.717, 1.165) is 19.3 Å². The second kappa shape index (κ2) is 5.88. The summed E-state index contributed by atoms with van der Waals surface area (Å²) >= 11 is 0. The molecular weight excluding hydrogens is 262 g/mol. The van der Waals surface area contributed by atoms with Gasteiger partial charge in [0.15, 0.2) is 0 Å². The van der Waals surface area contributed by atoms with Crippen molar-refractivity contribution in [2.24, 2.45) is 5.92 Å². The summed E-state index contributed by atoms with van der Waals surface area (Å²) in [5.41, 5.74) is 0. The van der Waals surface area contributed by atoms with Crippen LogP contribution in [-0.2, 0) is 10.0 Å². The molecule has 1 aromatic rings. The van der Waals surface area contributed by atoms with Crippen molar-refractivity contribution in [3.05, 3.63) is 18.3 Å².